The fraction of sp³-hybridized carbons (Fsp3) is 0.0952. The molecule has 0 saturated carbocycles. The summed E-state index contributed by atoms with van der Waals surface area (Å²) in [5.41, 5.74) is 8.44. The lowest BCUT2D eigenvalue weighted by Crippen LogP contribution is -2.21. The number of hydrogen-bond donors (Lipinski definition) is 0. The topological polar surface area (TPSA) is 8.17 Å². The highest BCUT2D eigenvalue weighted by atomic mass is 15.1. The number of aromatic nitrogens is 1. The third kappa shape index (κ3) is 4.10. The second kappa shape index (κ2) is 10.1. The Kier molecular flexibility index (Phi) is 6.06. The first-order valence-electron chi connectivity index (χ1n) is 15.4. The largest absolute Gasteiger partial charge is 0.335 e. The van der Waals surface area contributed by atoms with Crippen LogP contribution in [0.25, 0.3) is 54.5 Å². The predicted octanol–water partition coefficient (Wildman–Crippen LogP) is 12.0. The van der Waals surface area contributed by atoms with E-state index in [1.807, 2.05) is 0 Å². The minimum Gasteiger partial charge on any atom is -0.335 e. The van der Waals surface area contributed by atoms with Crippen LogP contribution in [0.1, 0.15) is 20.8 Å². The summed E-state index contributed by atoms with van der Waals surface area (Å²) in [5, 5.41) is 7.50. The van der Waals surface area contributed by atoms with E-state index in [4.69, 9.17) is 0 Å². The van der Waals surface area contributed by atoms with E-state index in [1.54, 1.807) is 0 Å². The van der Waals surface area contributed by atoms with Gasteiger partial charge in [-0.25, -0.2) is 0 Å². The van der Waals surface area contributed by atoms with Crippen molar-refractivity contribution < 1.29 is 0 Å². The summed E-state index contributed by atoms with van der Waals surface area (Å²) in [6.45, 7) is 6.86. The summed E-state index contributed by atoms with van der Waals surface area (Å²) in [7, 11) is 0. The van der Waals surface area contributed by atoms with Gasteiger partial charge in [-0.2, -0.15) is 0 Å². The Hall–Kier alpha value is -5.34. The van der Waals surface area contributed by atoms with Gasteiger partial charge in [0.15, 0.2) is 0 Å². The van der Waals surface area contributed by atoms with Crippen LogP contribution in [-0.4, -0.2) is 4.57 Å². The smallest absolute Gasteiger partial charge is 0.0618 e. The van der Waals surface area contributed by atoms with Gasteiger partial charge in [-0.1, -0.05) is 115 Å². The maximum Gasteiger partial charge on any atom is 0.0618 e. The van der Waals surface area contributed by atoms with E-state index in [0.717, 1.165) is 11.4 Å². The minimum atomic E-state index is -0.0539. The average Bonchev–Trinajstić information content (AvgIpc) is 3.40. The van der Waals surface area contributed by atoms with E-state index in [-0.39, 0.29) is 5.54 Å². The molecule has 0 fully saturated rings. The van der Waals surface area contributed by atoms with Crippen LogP contribution in [0.2, 0.25) is 0 Å². The van der Waals surface area contributed by atoms with Crippen molar-refractivity contribution in [3.05, 3.63) is 152 Å². The summed E-state index contributed by atoms with van der Waals surface area (Å²) in [6.07, 6.45) is 0. The standard InChI is InChI=1S/C42H34N2/c1-42(2,3)44-38-25-15-14-20-32(38)37-28-31(26-27-39(37)44)43(30-18-8-5-9-19-30)41-35-23-12-10-21-33(35)40(29-16-6-4-7-17-29)34-22-11-13-24-36(34)41/h4-28H,1-3H3. The van der Waals surface area contributed by atoms with Crippen molar-refractivity contribution in [2.24, 2.45) is 0 Å². The number of para-hydroxylation sites is 2. The number of nitrogens with zero attached hydrogens (tertiary/aromatic N) is 2. The van der Waals surface area contributed by atoms with Crippen molar-refractivity contribution in [3.8, 4) is 11.1 Å². The van der Waals surface area contributed by atoms with Crippen LogP contribution in [-0.2, 0) is 5.54 Å². The summed E-state index contributed by atoms with van der Waals surface area (Å²) in [5.74, 6) is 0. The molecule has 0 unspecified atom stereocenters. The van der Waals surface area contributed by atoms with E-state index in [2.05, 4.69) is 182 Å². The SMILES string of the molecule is CC(C)(C)n1c2ccccc2c2cc(N(c3ccccc3)c3c4ccccc4c(-c4ccccc4)c4ccccc34)ccc21. The van der Waals surface area contributed by atoms with Crippen molar-refractivity contribution in [1.82, 2.24) is 4.57 Å². The second-order valence-electron chi connectivity index (χ2n) is 12.6. The Morgan fingerprint density at radius 2 is 0.932 bits per heavy atom. The van der Waals surface area contributed by atoms with Gasteiger partial charge in [0.2, 0.25) is 0 Å². The lowest BCUT2D eigenvalue weighted by Gasteiger charge is -2.30. The molecule has 1 aromatic heterocycles. The number of hydrogen-bond acceptors (Lipinski definition) is 1. The van der Waals surface area contributed by atoms with Crippen molar-refractivity contribution in [3.63, 3.8) is 0 Å². The van der Waals surface area contributed by atoms with E-state index in [9.17, 15) is 0 Å². The predicted molar refractivity (Wildman–Crippen MR) is 190 cm³/mol. The lowest BCUT2D eigenvalue weighted by atomic mass is 9.90. The maximum atomic E-state index is 2.48. The summed E-state index contributed by atoms with van der Waals surface area (Å²) < 4.78 is 2.48. The fourth-order valence-electron chi connectivity index (χ4n) is 7.07. The zero-order valence-electron chi connectivity index (χ0n) is 25.3. The maximum absolute atomic E-state index is 2.48. The molecule has 7 aromatic carbocycles. The van der Waals surface area contributed by atoms with Crippen LogP contribution in [0.5, 0.6) is 0 Å². The van der Waals surface area contributed by atoms with Gasteiger partial charge in [-0.05, 0) is 79.1 Å². The number of fused-ring (bicyclic) bond motifs is 5. The van der Waals surface area contributed by atoms with Crippen molar-refractivity contribution in [1.29, 1.82) is 0 Å². The third-order valence-electron chi connectivity index (χ3n) is 8.79. The molecule has 8 rings (SSSR count). The molecule has 0 atom stereocenters. The Labute approximate surface area is 258 Å². The molecule has 0 aliphatic heterocycles. The Morgan fingerprint density at radius 1 is 0.432 bits per heavy atom. The first-order chi connectivity index (χ1) is 21.5. The fourth-order valence-corrected chi connectivity index (χ4v) is 7.07. The van der Waals surface area contributed by atoms with E-state index < -0.39 is 0 Å². The van der Waals surface area contributed by atoms with Gasteiger partial charge < -0.3 is 9.47 Å². The Morgan fingerprint density at radius 3 is 1.55 bits per heavy atom. The first kappa shape index (κ1) is 26.3. The molecular weight excluding hydrogens is 532 g/mol. The average molecular weight is 567 g/mol. The van der Waals surface area contributed by atoms with Crippen LogP contribution in [0.15, 0.2) is 152 Å². The van der Waals surface area contributed by atoms with Gasteiger partial charge in [-0.3, -0.25) is 0 Å². The van der Waals surface area contributed by atoms with Gasteiger partial charge >= 0.3 is 0 Å². The molecule has 0 N–H and O–H groups in total. The highest BCUT2D eigenvalue weighted by Gasteiger charge is 2.24. The van der Waals surface area contributed by atoms with E-state index >= 15 is 0 Å². The van der Waals surface area contributed by atoms with Crippen LogP contribution in [0.4, 0.5) is 17.1 Å². The summed E-state index contributed by atoms with van der Waals surface area (Å²) in [6, 6.07) is 55.2. The molecule has 1 heterocycles. The highest BCUT2D eigenvalue weighted by Crippen LogP contribution is 2.48. The number of rotatable bonds is 4. The summed E-state index contributed by atoms with van der Waals surface area (Å²) >= 11 is 0. The van der Waals surface area contributed by atoms with E-state index in [0.29, 0.717) is 0 Å². The molecule has 0 saturated heterocycles. The molecule has 0 radical (unpaired) electrons. The van der Waals surface area contributed by atoms with Crippen LogP contribution in [0.3, 0.4) is 0 Å². The Balaban J connectivity index is 1.49. The van der Waals surface area contributed by atoms with Crippen LogP contribution in [0, 0.1) is 0 Å². The van der Waals surface area contributed by atoms with Gasteiger partial charge in [0.05, 0.1) is 5.69 Å². The van der Waals surface area contributed by atoms with Gasteiger partial charge in [0.25, 0.3) is 0 Å². The zero-order valence-corrected chi connectivity index (χ0v) is 25.3. The molecule has 8 aromatic rings. The quantitative estimate of drug-likeness (QED) is 0.192. The molecule has 0 bridgehead atoms. The molecule has 44 heavy (non-hydrogen) atoms. The summed E-state index contributed by atoms with van der Waals surface area (Å²) in [4.78, 5) is 2.46. The number of benzene rings is 7. The first-order valence-corrected chi connectivity index (χ1v) is 15.4. The molecule has 0 aliphatic carbocycles. The second-order valence-corrected chi connectivity index (χ2v) is 12.6. The van der Waals surface area contributed by atoms with E-state index in [1.165, 1.54) is 60.2 Å². The third-order valence-corrected chi connectivity index (χ3v) is 8.79. The number of anilines is 3. The van der Waals surface area contributed by atoms with Gasteiger partial charge in [-0.15, -0.1) is 0 Å². The highest BCUT2D eigenvalue weighted by molar-refractivity contribution is 6.22. The van der Waals surface area contributed by atoms with Gasteiger partial charge in [0, 0.05) is 49.5 Å². The molecular formula is C42H34N2. The molecule has 0 aliphatic rings. The van der Waals surface area contributed by atoms with Crippen molar-refractivity contribution >= 4 is 60.4 Å². The van der Waals surface area contributed by atoms with Crippen LogP contribution >= 0.6 is 0 Å². The Bertz CT molecular complexity index is 2250. The lowest BCUT2D eigenvalue weighted by molar-refractivity contribution is 0.423. The van der Waals surface area contributed by atoms with Crippen molar-refractivity contribution in [2.45, 2.75) is 26.3 Å². The minimum absolute atomic E-state index is 0.0539. The molecule has 0 spiro atoms. The van der Waals surface area contributed by atoms with Crippen LogP contribution < -0.4 is 4.90 Å². The molecule has 2 heteroatoms. The molecule has 0 amide bonds. The monoisotopic (exact) mass is 566 g/mol. The van der Waals surface area contributed by atoms with Crippen molar-refractivity contribution in [2.75, 3.05) is 4.90 Å². The zero-order chi connectivity index (χ0) is 29.8. The molecule has 212 valence electrons. The van der Waals surface area contributed by atoms with Gasteiger partial charge in [0.1, 0.15) is 0 Å². The molecule has 2 nitrogen and oxygen atoms in total. The normalized spacial score (nSPS) is 12.0.